The van der Waals surface area contributed by atoms with Crippen LogP contribution >= 0.6 is 11.3 Å². The lowest BCUT2D eigenvalue weighted by Gasteiger charge is -2.16. The molecule has 0 aliphatic heterocycles. The van der Waals surface area contributed by atoms with Crippen molar-refractivity contribution in [3.8, 4) is 0 Å². The van der Waals surface area contributed by atoms with Crippen molar-refractivity contribution in [3.05, 3.63) is 63.9 Å². The van der Waals surface area contributed by atoms with Crippen molar-refractivity contribution in [2.75, 3.05) is 7.05 Å². The van der Waals surface area contributed by atoms with Crippen LogP contribution in [0.5, 0.6) is 0 Å². The van der Waals surface area contributed by atoms with Gasteiger partial charge in [-0.25, -0.2) is 4.79 Å². The van der Waals surface area contributed by atoms with Gasteiger partial charge in [-0.15, -0.1) is 11.3 Å². The van der Waals surface area contributed by atoms with E-state index < -0.39 is 5.97 Å². The molecule has 4 heteroatoms. The van der Waals surface area contributed by atoms with Gasteiger partial charge in [0.15, 0.2) is 0 Å². The molecule has 0 atom stereocenters. The summed E-state index contributed by atoms with van der Waals surface area (Å²) in [5.41, 5.74) is 2.09. The van der Waals surface area contributed by atoms with Crippen LogP contribution < -0.4 is 0 Å². The van der Waals surface area contributed by atoms with E-state index in [0.29, 0.717) is 0 Å². The van der Waals surface area contributed by atoms with Gasteiger partial charge in [0, 0.05) is 24.0 Å². The zero-order valence-electron chi connectivity index (χ0n) is 11.3. The smallest absolute Gasteiger partial charge is 0.328 e. The predicted octanol–water partition coefficient (Wildman–Crippen LogP) is 3.48. The third kappa shape index (κ3) is 4.64. The molecule has 0 amide bonds. The van der Waals surface area contributed by atoms with Gasteiger partial charge in [0.2, 0.25) is 0 Å². The van der Waals surface area contributed by atoms with E-state index in [1.54, 1.807) is 17.4 Å². The van der Waals surface area contributed by atoms with Crippen molar-refractivity contribution in [3.63, 3.8) is 0 Å². The number of aliphatic carboxylic acids is 1. The molecule has 1 N–H and O–H groups in total. The molecule has 0 saturated heterocycles. The van der Waals surface area contributed by atoms with E-state index in [0.717, 1.165) is 24.7 Å². The fourth-order valence-corrected chi connectivity index (χ4v) is 2.78. The summed E-state index contributed by atoms with van der Waals surface area (Å²) in [6.45, 7) is 1.76. The molecule has 1 aromatic heterocycles. The Morgan fingerprint density at radius 3 is 2.85 bits per heavy atom. The fraction of sp³-hybridized carbons (Fsp3) is 0.188. The van der Waals surface area contributed by atoms with Gasteiger partial charge in [-0.05, 0) is 35.7 Å². The fourth-order valence-electron chi connectivity index (χ4n) is 2.00. The quantitative estimate of drug-likeness (QED) is 0.827. The molecule has 0 radical (unpaired) electrons. The van der Waals surface area contributed by atoms with Crippen molar-refractivity contribution in [1.29, 1.82) is 0 Å². The summed E-state index contributed by atoms with van der Waals surface area (Å²) in [4.78, 5) is 14.1. The monoisotopic (exact) mass is 287 g/mol. The van der Waals surface area contributed by atoms with E-state index in [9.17, 15) is 4.79 Å². The number of benzene rings is 1. The summed E-state index contributed by atoms with van der Waals surface area (Å²) < 4.78 is 0. The van der Waals surface area contributed by atoms with Gasteiger partial charge in [0.05, 0.1) is 0 Å². The van der Waals surface area contributed by atoms with Gasteiger partial charge >= 0.3 is 5.97 Å². The Bertz CT molecular complexity index is 590. The summed E-state index contributed by atoms with van der Waals surface area (Å²) in [5.74, 6) is -0.926. The van der Waals surface area contributed by atoms with Gasteiger partial charge < -0.3 is 5.11 Å². The minimum absolute atomic E-state index is 0.840. The highest BCUT2D eigenvalue weighted by molar-refractivity contribution is 7.09. The van der Waals surface area contributed by atoms with Crippen LogP contribution in [0.3, 0.4) is 0 Å². The van der Waals surface area contributed by atoms with Crippen LogP contribution in [0.4, 0.5) is 0 Å². The zero-order valence-corrected chi connectivity index (χ0v) is 12.1. The first-order chi connectivity index (χ1) is 9.63. The van der Waals surface area contributed by atoms with Gasteiger partial charge in [-0.1, -0.05) is 30.3 Å². The molecule has 0 saturated carbocycles. The molecule has 3 nitrogen and oxygen atoms in total. The van der Waals surface area contributed by atoms with Crippen LogP contribution in [0.25, 0.3) is 6.08 Å². The largest absolute Gasteiger partial charge is 0.478 e. The van der Waals surface area contributed by atoms with Crippen molar-refractivity contribution in [2.24, 2.45) is 0 Å². The number of carboxylic acid groups (broad SMARTS) is 1. The number of hydrogen-bond acceptors (Lipinski definition) is 3. The summed E-state index contributed by atoms with van der Waals surface area (Å²) in [6, 6.07) is 12.1. The standard InChI is InChI=1S/C16H17NO2S/c1-17(12-15-6-3-9-20-15)11-14-5-2-4-13(10-14)7-8-16(18)19/h2-10H,11-12H2,1H3,(H,18,19). The van der Waals surface area contributed by atoms with Crippen LogP contribution in [-0.2, 0) is 17.9 Å². The first kappa shape index (κ1) is 14.5. The Labute approximate surface area is 122 Å². The second-order valence-corrected chi connectivity index (χ2v) is 5.70. The predicted molar refractivity (Wildman–Crippen MR) is 82.6 cm³/mol. The summed E-state index contributed by atoms with van der Waals surface area (Å²) in [7, 11) is 2.08. The Kier molecular flexibility index (Phi) is 5.09. The van der Waals surface area contributed by atoms with Gasteiger partial charge in [0.25, 0.3) is 0 Å². The topological polar surface area (TPSA) is 40.5 Å². The number of carbonyl (C=O) groups is 1. The molecule has 0 bridgehead atoms. The summed E-state index contributed by atoms with van der Waals surface area (Å²) in [5, 5.41) is 10.7. The third-order valence-corrected chi connectivity index (χ3v) is 3.69. The molecule has 0 spiro atoms. The van der Waals surface area contributed by atoms with Crippen molar-refractivity contribution in [2.45, 2.75) is 13.1 Å². The maximum absolute atomic E-state index is 10.5. The second-order valence-electron chi connectivity index (χ2n) is 4.67. The molecule has 2 rings (SSSR count). The van der Waals surface area contributed by atoms with Crippen LogP contribution in [0.1, 0.15) is 16.0 Å². The van der Waals surface area contributed by atoms with E-state index in [1.807, 2.05) is 18.2 Å². The molecular formula is C16H17NO2S. The maximum atomic E-state index is 10.5. The van der Waals surface area contributed by atoms with Gasteiger partial charge in [0.1, 0.15) is 0 Å². The minimum Gasteiger partial charge on any atom is -0.478 e. The number of nitrogens with zero attached hydrogens (tertiary/aromatic N) is 1. The zero-order chi connectivity index (χ0) is 14.4. The van der Waals surface area contributed by atoms with E-state index in [2.05, 4.69) is 35.5 Å². The Morgan fingerprint density at radius 1 is 1.30 bits per heavy atom. The highest BCUT2D eigenvalue weighted by Gasteiger charge is 2.03. The van der Waals surface area contributed by atoms with Crippen LogP contribution in [0.15, 0.2) is 47.9 Å². The molecule has 2 aromatic rings. The lowest BCUT2D eigenvalue weighted by molar-refractivity contribution is -0.131. The molecule has 0 unspecified atom stereocenters. The Balaban J connectivity index is 1.98. The van der Waals surface area contributed by atoms with E-state index in [4.69, 9.17) is 5.11 Å². The maximum Gasteiger partial charge on any atom is 0.328 e. The van der Waals surface area contributed by atoms with Gasteiger partial charge in [-0.3, -0.25) is 4.90 Å². The number of thiophene rings is 1. The average molecular weight is 287 g/mol. The molecule has 1 aromatic carbocycles. The first-order valence-electron chi connectivity index (χ1n) is 6.34. The van der Waals surface area contributed by atoms with Crippen LogP contribution in [0.2, 0.25) is 0 Å². The Hall–Kier alpha value is -1.91. The third-order valence-electron chi connectivity index (χ3n) is 2.83. The van der Waals surface area contributed by atoms with Crippen molar-refractivity contribution in [1.82, 2.24) is 4.90 Å². The molecule has 0 fully saturated rings. The SMILES string of the molecule is CN(Cc1cccc(C=CC(=O)O)c1)Cc1cccs1. The van der Waals surface area contributed by atoms with E-state index in [1.165, 1.54) is 10.4 Å². The highest BCUT2D eigenvalue weighted by atomic mass is 32.1. The molecule has 0 aliphatic rings. The van der Waals surface area contributed by atoms with E-state index >= 15 is 0 Å². The Morgan fingerprint density at radius 2 is 2.15 bits per heavy atom. The minimum atomic E-state index is -0.926. The summed E-state index contributed by atoms with van der Waals surface area (Å²) >= 11 is 1.76. The number of hydrogen-bond donors (Lipinski definition) is 1. The van der Waals surface area contributed by atoms with Crippen molar-refractivity contribution < 1.29 is 9.90 Å². The lowest BCUT2D eigenvalue weighted by atomic mass is 10.1. The molecule has 20 heavy (non-hydrogen) atoms. The van der Waals surface area contributed by atoms with Gasteiger partial charge in [-0.2, -0.15) is 0 Å². The second kappa shape index (κ2) is 7.03. The molecule has 1 heterocycles. The summed E-state index contributed by atoms with van der Waals surface area (Å²) in [6.07, 6.45) is 2.78. The van der Waals surface area contributed by atoms with E-state index in [-0.39, 0.29) is 0 Å². The van der Waals surface area contributed by atoms with Crippen LogP contribution in [0, 0.1) is 0 Å². The highest BCUT2D eigenvalue weighted by Crippen LogP contribution is 2.14. The molecular weight excluding hydrogens is 270 g/mol. The number of rotatable bonds is 6. The normalized spacial score (nSPS) is 11.3. The molecule has 104 valence electrons. The van der Waals surface area contributed by atoms with Crippen LogP contribution in [-0.4, -0.2) is 23.0 Å². The first-order valence-corrected chi connectivity index (χ1v) is 7.22. The average Bonchev–Trinajstić information content (AvgIpc) is 2.89. The lowest BCUT2D eigenvalue weighted by Crippen LogP contribution is -2.16. The number of carboxylic acids is 1. The molecule has 0 aliphatic carbocycles. The van der Waals surface area contributed by atoms with Crippen molar-refractivity contribution >= 4 is 23.4 Å².